The summed E-state index contributed by atoms with van der Waals surface area (Å²) in [6, 6.07) is 3.74. The van der Waals surface area contributed by atoms with Crippen molar-refractivity contribution in [1.82, 2.24) is 0 Å². The first-order chi connectivity index (χ1) is 7.35. The van der Waals surface area contributed by atoms with Gasteiger partial charge in [-0.1, -0.05) is 0 Å². The van der Waals surface area contributed by atoms with E-state index in [-0.39, 0.29) is 0 Å². The van der Waals surface area contributed by atoms with Crippen LogP contribution in [0.4, 0.5) is 0 Å². The molecule has 0 bridgehead atoms. The van der Waals surface area contributed by atoms with Crippen LogP contribution in [0.2, 0.25) is 0 Å². The molecule has 0 unspecified atom stereocenters. The summed E-state index contributed by atoms with van der Waals surface area (Å²) in [5.41, 5.74) is 0.977. The van der Waals surface area contributed by atoms with E-state index in [0.29, 0.717) is 18.1 Å². The molecule has 3 heteroatoms. The van der Waals surface area contributed by atoms with E-state index in [2.05, 4.69) is 6.08 Å². The third kappa shape index (κ3) is 1.91. The fourth-order valence-electron chi connectivity index (χ4n) is 1.52. The minimum absolute atomic E-state index is 0.652. The topological polar surface area (TPSA) is 27.7 Å². The van der Waals surface area contributed by atoms with Crippen LogP contribution in [-0.2, 0) is 0 Å². The lowest BCUT2D eigenvalue weighted by Crippen LogP contribution is -1.97. The van der Waals surface area contributed by atoms with Gasteiger partial charge in [0.15, 0.2) is 11.5 Å². The van der Waals surface area contributed by atoms with Crippen LogP contribution in [0.5, 0.6) is 17.2 Å². The zero-order chi connectivity index (χ0) is 10.7. The molecule has 3 nitrogen and oxygen atoms in total. The molecule has 0 N–H and O–H groups in total. The van der Waals surface area contributed by atoms with Crippen molar-refractivity contribution in [3.63, 3.8) is 0 Å². The van der Waals surface area contributed by atoms with Crippen LogP contribution < -0.4 is 14.2 Å². The van der Waals surface area contributed by atoms with E-state index < -0.39 is 0 Å². The molecule has 1 aliphatic rings. The van der Waals surface area contributed by atoms with Crippen LogP contribution in [-0.4, -0.2) is 20.8 Å². The lowest BCUT2D eigenvalue weighted by atomic mass is 10.1. The van der Waals surface area contributed by atoms with Crippen molar-refractivity contribution in [2.75, 3.05) is 20.8 Å². The fourth-order valence-corrected chi connectivity index (χ4v) is 1.52. The van der Waals surface area contributed by atoms with E-state index in [0.717, 1.165) is 17.7 Å². The Hall–Kier alpha value is -1.64. The number of rotatable bonds is 2. The maximum Gasteiger partial charge on any atom is 0.164 e. The number of fused-ring (bicyclic) bond motifs is 1. The molecule has 79 valence electrons. The Morgan fingerprint density at radius 3 is 2.67 bits per heavy atom. The van der Waals surface area contributed by atoms with Crippen LogP contribution >= 0.6 is 0 Å². The van der Waals surface area contributed by atoms with Gasteiger partial charge in [-0.3, -0.25) is 0 Å². The molecule has 0 atom stereocenters. The average Bonchev–Trinajstić information content (AvgIpc) is 2.51. The molecule has 0 aliphatic carbocycles. The van der Waals surface area contributed by atoms with Gasteiger partial charge >= 0.3 is 0 Å². The van der Waals surface area contributed by atoms with E-state index in [9.17, 15) is 0 Å². The van der Waals surface area contributed by atoms with Crippen molar-refractivity contribution in [2.45, 2.75) is 6.42 Å². The third-order valence-electron chi connectivity index (χ3n) is 2.28. The molecule has 2 rings (SSSR count). The summed E-state index contributed by atoms with van der Waals surface area (Å²) >= 11 is 0. The Kier molecular flexibility index (Phi) is 2.81. The molecule has 0 saturated carbocycles. The third-order valence-corrected chi connectivity index (χ3v) is 2.28. The Labute approximate surface area is 89.3 Å². The van der Waals surface area contributed by atoms with E-state index in [1.165, 1.54) is 0 Å². The predicted molar refractivity (Wildman–Crippen MR) is 57.4 cm³/mol. The number of benzene rings is 1. The highest BCUT2D eigenvalue weighted by atomic mass is 16.5. The highest BCUT2D eigenvalue weighted by Gasteiger charge is 2.11. The minimum atomic E-state index is 0.652. The molecule has 0 aromatic heterocycles. The SMILES string of the molecule is COc1cc2c(cc1OC)OCC[C]=C2. The van der Waals surface area contributed by atoms with Gasteiger partial charge in [0.05, 0.1) is 20.8 Å². The van der Waals surface area contributed by atoms with Gasteiger partial charge in [-0.2, -0.15) is 0 Å². The van der Waals surface area contributed by atoms with Gasteiger partial charge in [-0.25, -0.2) is 0 Å². The number of methoxy groups -OCH3 is 2. The zero-order valence-electron chi connectivity index (χ0n) is 8.87. The monoisotopic (exact) mass is 205 g/mol. The van der Waals surface area contributed by atoms with Crippen molar-refractivity contribution in [2.24, 2.45) is 0 Å². The smallest absolute Gasteiger partial charge is 0.164 e. The summed E-state index contributed by atoms with van der Waals surface area (Å²) in [5, 5.41) is 0. The van der Waals surface area contributed by atoms with Crippen LogP contribution in [0.25, 0.3) is 6.08 Å². The van der Waals surface area contributed by atoms with Crippen molar-refractivity contribution < 1.29 is 14.2 Å². The van der Waals surface area contributed by atoms with E-state index in [4.69, 9.17) is 14.2 Å². The maximum atomic E-state index is 5.56. The Morgan fingerprint density at radius 1 is 1.20 bits per heavy atom. The van der Waals surface area contributed by atoms with Gasteiger partial charge in [-0.15, -0.1) is 0 Å². The quantitative estimate of drug-likeness (QED) is 0.741. The molecule has 0 fully saturated rings. The second-order valence-electron chi connectivity index (χ2n) is 3.19. The summed E-state index contributed by atoms with van der Waals surface area (Å²) < 4.78 is 16.0. The largest absolute Gasteiger partial charge is 0.493 e. The first kappa shape index (κ1) is 9.90. The molecular weight excluding hydrogens is 192 g/mol. The van der Waals surface area contributed by atoms with Gasteiger partial charge < -0.3 is 14.2 Å². The Morgan fingerprint density at radius 2 is 1.93 bits per heavy atom. The first-order valence-electron chi connectivity index (χ1n) is 4.80. The number of ether oxygens (including phenoxy) is 3. The van der Waals surface area contributed by atoms with Crippen molar-refractivity contribution in [1.29, 1.82) is 0 Å². The van der Waals surface area contributed by atoms with Crippen molar-refractivity contribution >= 4 is 6.08 Å². The molecule has 1 radical (unpaired) electrons. The Bertz CT molecular complexity index is 383. The average molecular weight is 205 g/mol. The predicted octanol–water partition coefficient (Wildman–Crippen LogP) is 2.30. The maximum absolute atomic E-state index is 5.56. The lowest BCUT2D eigenvalue weighted by Gasteiger charge is -2.12. The van der Waals surface area contributed by atoms with Gasteiger partial charge in [0.1, 0.15) is 5.75 Å². The fraction of sp³-hybridized carbons (Fsp3) is 0.333. The van der Waals surface area contributed by atoms with Crippen molar-refractivity contribution in [3.05, 3.63) is 23.8 Å². The van der Waals surface area contributed by atoms with E-state index in [1.807, 2.05) is 18.2 Å². The van der Waals surface area contributed by atoms with Gasteiger partial charge in [0, 0.05) is 18.1 Å². The van der Waals surface area contributed by atoms with Crippen molar-refractivity contribution in [3.8, 4) is 17.2 Å². The molecule has 0 saturated heterocycles. The van der Waals surface area contributed by atoms with Gasteiger partial charge in [-0.05, 0) is 18.2 Å². The summed E-state index contributed by atoms with van der Waals surface area (Å²) in [4.78, 5) is 0. The van der Waals surface area contributed by atoms with Crippen LogP contribution in [0, 0.1) is 6.08 Å². The second-order valence-corrected chi connectivity index (χ2v) is 3.19. The number of hydrogen-bond acceptors (Lipinski definition) is 3. The van der Waals surface area contributed by atoms with E-state index in [1.54, 1.807) is 14.2 Å². The molecule has 0 spiro atoms. The molecule has 1 aliphatic heterocycles. The Balaban J connectivity index is 2.48. The van der Waals surface area contributed by atoms with Crippen LogP contribution in [0.15, 0.2) is 12.1 Å². The molecule has 15 heavy (non-hydrogen) atoms. The molecule has 1 aromatic rings. The number of hydrogen-bond donors (Lipinski definition) is 0. The summed E-state index contributed by atoms with van der Waals surface area (Å²) in [7, 11) is 3.23. The molecular formula is C12H13O3. The normalized spacial score (nSPS) is 13.7. The minimum Gasteiger partial charge on any atom is -0.493 e. The molecule has 1 aromatic carbocycles. The van der Waals surface area contributed by atoms with Gasteiger partial charge in [0.25, 0.3) is 0 Å². The van der Waals surface area contributed by atoms with Crippen LogP contribution in [0.1, 0.15) is 12.0 Å². The summed E-state index contributed by atoms with van der Waals surface area (Å²) in [6.07, 6.45) is 5.87. The highest BCUT2D eigenvalue weighted by Crippen LogP contribution is 2.36. The zero-order valence-corrected chi connectivity index (χ0v) is 8.87. The standard InChI is InChI=1S/C12H13O3/c1-13-11-7-9-5-3-4-6-15-10(9)8-12(11)14-2/h5,7-8H,4,6H2,1-2H3. The molecule has 1 heterocycles. The highest BCUT2D eigenvalue weighted by molar-refractivity contribution is 5.63. The molecule has 0 amide bonds. The lowest BCUT2D eigenvalue weighted by molar-refractivity contribution is 0.316. The van der Waals surface area contributed by atoms with Crippen LogP contribution in [0.3, 0.4) is 0 Å². The van der Waals surface area contributed by atoms with E-state index >= 15 is 0 Å². The second kappa shape index (κ2) is 4.26. The summed E-state index contributed by atoms with van der Waals surface area (Å²) in [5.74, 6) is 2.21. The first-order valence-corrected chi connectivity index (χ1v) is 4.80. The summed E-state index contributed by atoms with van der Waals surface area (Å²) in [6.45, 7) is 0.652. The van der Waals surface area contributed by atoms with Gasteiger partial charge in [0.2, 0.25) is 0 Å².